The van der Waals surface area contributed by atoms with Gasteiger partial charge in [-0.2, -0.15) is 0 Å². The molecule has 1 N–H and O–H groups in total. The van der Waals surface area contributed by atoms with E-state index in [0.717, 1.165) is 4.90 Å². The van der Waals surface area contributed by atoms with Crippen LogP contribution in [0, 0.1) is 0 Å². The molecule has 0 aliphatic carbocycles. The summed E-state index contributed by atoms with van der Waals surface area (Å²) in [5.41, 5.74) is 0. The smallest absolute Gasteiger partial charge is 0.411 e. The standard InChI is InChI=1S/C9H14N2O4/c1-5(2)15-9(14)11-4-7(12)10-8(13)6(11)3/h5-6H,4H2,1-3H3,(H,10,12,13). The number of ether oxygens (including phenoxy) is 1. The SMILES string of the molecule is CC(C)OC(=O)N1CC(=O)NC(=O)C1C. The summed E-state index contributed by atoms with van der Waals surface area (Å²) in [7, 11) is 0. The van der Waals surface area contributed by atoms with Crippen LogP contribution in [-0.2, 0) is 14.3 Å². The normalized spacial score (nSPS) is 21.6. The lowest BCUT2D eigenvalue weighted by Gasteiger charge is -2.31. The van der Waals surface area contributed by atoms with Crippen LogP contribution in [0.25, 0.3) is 0 Å². The summed E-state index contributed by atoms with van der Waals surface area (Å²) >= 11 is 0. The Labute approximate surface area is 87.6 Å². The molecule has 0 aromatic carbocycles. The van der Waals surface area contributed by atoms with Crippen LogP contribution < -0.4 is 5.32 Å². The van der Waals surface area contributed by atoms with Crippen LogP contribution in [0.5, 0.6) is 0 Å². The van der Waals surface area contributed by atoms with Crippen molar-refractivity contribution in [3.05, 3.63) is 0 Å². The molecular weight excluding hydrogens is 200 g/mol. The minimum atomic E-state index is -0.672. The van der Waals surface area contributed by atoms with Crippen LogP contribution in [-0.4, -0.2) is 41.5 Å². The number of rotatable bonds is 1. The van der Waals surface area contributed by atoms with Crippen molar-refractivity contribution >= 4 is 17.9 Å². The second kappa shape index (κ2) is 4.29. The Morgan fingerprint density at radius 2 is 2.13 bits per heavy atom. The van der Waals surface area contributed by atoms with Crippen molar-refractivity contribution in [2.75, 3.05) is 6.54 Å². The zero-order chi connectivity index (χ0) is 11.6. The molecule has 6 nitrogen and oxygen atoms in total. The van der Waals surface area contributed by atoms with Gasteiger partial charge in [-0.05, 0) is 20.8 Å². The molecule has 1 heterocycles. The number of nitrogens with one attached hydrogen (secondary N) is 1. The van der Waals surface area contributed by atoms with E-state index in [1.807, 2.05) is 0 Å². The van der Waals surface area contributed by atoms with Crippen molar-refractivity contribution in [1.82, 2.24) is 10.2 Å². The van der Waals surface area contributed by atoms with E-state index in [2.05, 4.69) is 5.32 Å². The summed E-state index contributed by atoms with van der Waals surface area (Å²) in [4.78, 5) is 34.9. The fourth-order valence-electron chi connectivity index (χ4n) is 1.21. The van der Waals surface area contributed by atoms with Gasteiger partial charge in [-0.15, -0.1) is 0 Å². The first-order valence-electron chi connectivity index (χ1n) is 4.72. The molecule has 1 atom stereocenters. The second-order valence-electron chi connectivity index (χ2n) is 3.65. The Bertz CT molecular complexity index is 300. The van der Waals surface area contributed by atoms with E-state index in [1.54, 1.807) is 20.8 Å². The Kier molecular flexibility index (Phi) is 3.28. The largest absolute Gasteiger partial charge is 0.447 e. The summed E-state index contributed by atoms with van der Waals surface area (Å²) in [6, 6.07) is -0.672. The van der Waals surface area contributed by atoms with Crippen LogP contribution >= 0.6 is 0 Å². The van der Waals surface area contributed by atoms with E-state index in [1.165, 1.54) is 0 Å². The highest BCUT2D eigenvalue weighted by Gasteiger charge is 2.34. The van der Waals surface area contributed by atoms with Gasteiger partial charge in [-0.1, -0.05) is 0 Å². The van der Waals surface area contributed by atoms with Gasteiger partial charge in [0.2, 0.25) is 11.8 Å². The number of hydrogen-bond acceptors (Lipinski definition) is 4. The summed E-state index contributed by atoms with van der Waals surface area (Å²) in [6.07, 6.45) is -0.912. The lowest BCUT2D eigenvalue weighted by Crippen LogP contribution is -2.58. The number of nitrogens with zero attached hydrogens (tertiary/aromatic N) is 1. The lowest BCUT2D eigenvalue weighted by molar-refractivity contribution is -0.138. The maximum absolute atomic E-state index is 11.5. The minimum absolute atomic E-state index is 0.140. The first kappa shape index (κ1) is 11.5. The van der Waals surface area contributed by atoms with Crippen molar-refractivity contribution in [2.45, 2.75) is 32.9 Å². The quantitative estimate of drug-likeness (QED) is 0.617. The van der Waals surface area contributed by atoms with Gasteiger partial charge in [-0.3, -0.25) is 19.8 Å². The molecule has 0 spiro atoms. The summed E-state index contributed by atoms with van der Waals surface area (Å²) in [5, 5.41) is 2.14. The fraction of sp³-hybridized carbons (Fsp3) is 0.667. The van der Waals surface area contributed by atoms with E-state index in [4.69, 9.17) is 4.74 Å². The molecule has 1 unspecified atom stereocenters. The third-order valence-electron chi connectivity index (χ3n) is 1.99. The lowest BCUT2D eigenvalue weighted by atomic mass is 10.2. The zero-order valence-corrected chi connectivity index (χ0v) is 8.94. The molecule has 0 saturated carbocycles. The summed E-state index contributed by atoms with van der Waals surface area (Å²) in [5.74, 6) is -0.967. The Morgan fingerprint density at radius 3 is 2.67 bits per heavy atom. The zero-order valence-electron chi connectivity index (χ0n) is 8.94. The van der Waals surface area contributed by atoms with Gasteiger partial charge >= 0.3 is 6.09 Å². The molecule has 3 amide bonds. The average molecular weight is 214 g/mol. The highest BCUT2D eigenvalue weighted by atomic mass is 16.6. The van der Waals surface area contributed by atoms with Crippen LogP contribution in [0.1, 0.15) is 20.8 Å². The van der Waals surface area contributed by atoms with Crippen LogP contribution in [0.3, 0.4) is 0 Å². The molecule has 0 radical (unpaired) electrons. The molecule has 1 aliphatic heterocycles. The molecule has 0 bridgehead atoms. The van der Waals surface area contributed by atoms with Crippen LogP contribution in [0.4, 0.5) is 4.79 Å². The number of piperazine rings is 1. The van der Waals surface area contributed by atoms with Crippen molar-refractivity contribution in [1.29, 1.82) is 0 Å². The molecule has 1 rings (SSSR count). The molecule has 6 heteroatoms. The van der Waals surface area contributed by atoms with Gasteiger partial charge in [0.05, 0.1) is 6.10 Å². The van der Waals surface area contributed by atoms with Crippen molar-refractivity contribution in [3.63, 3.8) is 0 Å². The maximum atomic E-state index is 11.5. The molecule has 1 saturated heterocycles. The van der Waals surface area contributed by atoms with Crippen molar-refractivity contribution in [2.24, 2.45) is 0 Å². The maximum Gasteiger partial charge on any atom is 0.411 e. The van der Waals surface area contributed by atoms with E-state index < -0.39 is 23.9 Å². The van der Waals surface area contributed by atoms with Gasteiger partial charge in [0.15, 0.2) is 0 Å². The monoisotopic (exact) mass is 214 g/mol. The topological polar surface area (TPSA) is 75.7 Å². The van der Waals surface area contributed by atoms with Crippen LogP contribution in [0.15, 0.2) is 0 Å². The van der Waals surface area contributed by atoms with Gasteiger partial charge in [0.1, 0.15) is 12.6 Å². The predicted molar refractivity (Wildman–Crippen MR) is 50.9 cm³/mol. The summed E-state index contributed by atoms with van der Waals surface area (Å²) in [6.45, 7) is 4.81. The number of hydrogen-bond donors (Lipinski definition) is 1. The number of imide groups is 1. The first-order chi connectivity index (χ1) is 6.91. The average Bonchev–Trinajstić information content (AvgIpc) is 2.09. The number of amides is 3. The number of carbonyl (C=O) groups excluding carboxylic acids is 3. The van der Waals surface area contributed by atoms with Gasteiger partial charge in [-0.25, -0.2) is 4.79 Å². The molecule has 1 fully saturated rings. The van der Waals surface area contributed by atoms with Crippen LogP contribution in [0.2, 0.25) is 0 Å². The van der Waals surface area contributed by atoms with Gasteiger partial charge in [0.25, 0.3) is 0 Å². The van der Waals surface area contributed by atoms with Gasteiger partial charge in [0, 0.05) is 0 Å². The molecule has 0 aromatic rings. The van der Waals surface area contributed by atoms with E-state index in [0.29, 0.717) is 0 Å². The second-order valence-corrected chi connectivity index (χ2v) is 3.65. The van der Waals surface area contributed by atoms with Crippen molar-refractivity contribution in [3.8, 4) is 0 Å². The van der Waals surface area contributed by atoms with E-state index in [-0.39, 0.29) is 12.6 Å². The van der Waals surface area contributed by atoms with Gasteiger partial charge < -0.3 is 4.74 Å². The minimum Gasteiger partial charge on any atom is -0.447 e. The number of carbonyl (C=O) groups is 3. The third kappa shape index (κ3) is 2.68. The predicted octanol–water partition coefficient (Wildman–Crippen LogP) is -0.122. The first-order valence-corrected chi connectivity index (χ1v) is 4.72. The Morgan fingerprint density at radius 1 is 1.53 bits per heavy atom. The molecular formula is C9H14N2O4. The summed E-state index contributed by atoms with van der Waals surface area (Å²) < 4.78 is 4.91. The highest BCUT2D eigenvalue weighted by Crippen LogP contribution is 2.07. The highest BCUT2D eigenvalue weighted by molar-refractivity contribution is 6.03. The molecule has 1 aliphatic rings. The molecule has 15 heavy (non-hydrogen) atoms. The van der Waals surface area contributed by atoms with E-state index >= 15 is 0 Å². The molecule has 0 aromatic heterocycles. The van der Waals surface area contributed by atoms with Crippen molar-refractivity contribution < 1.29 is 19.1 Å². The fourth-order valence-corrected chi connectivity index (χ4v) is 1.21. The Hall–Kier alpha value is -1.59. The Balaban J connectivity index is 2.70. The molecule has 84 valence electrons. The third-order valence-corrected chi connectivity index (χ3v) is 1.99. The van der Waals surface area contributed by atoms with E-state index in [9.17, 15) is 14.4 Å².